The second-order valence-corrected chi connectivity index (χ2v) is 6.68. The molecule has 0 aliphatic carbocycles. The van der Waals surface area contributed by atoms with Gasteiger partial charge in [-0.2, -0.15) is 0 Å². The minimum absolute atomic E-state index is 0.0355. The summed E-state index contributed by atoms with van der Waals surface area (Å²) in [5.74, 6) is 0.433. The van der Waals surface area contributed by atoms with Gasteiger partial charge in [0.25, 0.3) is 6.43 Å². The van der Waals surface area contributed by atoms with Gasteiger partial charge in [-0.15, -0.1) is 11.3 Å². The molecule has 0 aliphatic heterocycles. The molecule has 0 N–H and O–H groups in total. The van der Waals surface area contributed by atoms with E-state index in [9.17, 15) is 13.6 Å². The highest BCUT2D eigenvalue weighted by molar-refractivity contribution is 7.09. The number of alkyl halides is 2. The van der Waals surface area contributed by atoms with E-state index < -0.39 is 13.0 Å². The molecular weight excluding hydrogens is 346 g/mol. The van der Waals surface area contributed by atoms with Gasteiger partial charge in [-0.25, -0.2) is 13.8 Å². The Labute approximate surface area is 150 Å². The number of ether oxygens (including phenoxy) is 1. The molecule has 0 saturated heterocycles. The normalized spacial score (nSPS) is 10.9. The number of hydrogen-bond donors (Lipinski definition) is 0. The molecule has 0 unspecified atom stereocenters. The summed E-state index contributed by atoms with van der Waals surface area (Å²) in [6.45, 7) is 3.98. The molecule has 2 aromatic rings. The third kappa shape index (κ3) is 6.42. The van der Waals surface area contributed by atoms with Crippen LogP contribution in [-0.2, 0) is 17.8 Å². The highest BCUT2D eigenvalue weighted by Crippen LogP contribution is 2.17. The first kappa shape index (κ1) is 19.3. The second kappa shape index (κ2) is 9.46. The minimum atomic E-state index is -2.52. The number of benzene rings is 1. The first-order valence-corrected chi connectivity index (χ1v) is 9.04. The number of amides is 1. The Morgan fingerprint density at radius 3 is 2.68 bits per heavy atom. The Kier molecular flexibility index (Phi) is 7.31. The number of carbonyl (C=O) groups is 1. The van der Waals surface area contributed by atoms with Crippen molar-refractivity contribution in [2.75, 3.05) is 13.1 Å². The van der Waals surface area contributed by atoms with Gasteiger partial charge in [-0.3, -0.25) is 4.79 Å². The average molecular weight is 368 g/mol. The number of aromatic nitrogens is 1. The van der Waals surface area contributed by atoms with Gasteiger partial charge in [0, 0.05) is 11.9 Å². The van der Waals surface area contributed by atoms with E-state index in [1.165, 1.54) is 16.2 Å². The molecule has 7 heteroatoms. The van der Waals surface area contributed by atoms with Crippen LogP contribution in [0, 0.1) is 6.92 Å². The maximum atomic E-state index is 12.6. The Morgan fingerprint density at radius 2 is 2.04 bits per heavy atom. The fraction of sp³-hybridized carbons (Fsp3) is 0.444. The molecule has 0 aliphatic rings. The highest BCUT2D eigenvalue weighted by Gasteiger charge is 2.18. The Balaban J connectivity index is 1.89. The fourth-order valence-electron chi connectivity index (χ4n) is 2.30. The van der Waals surface area contributed by atoms with Crippen LogP contribution < -0.4 is 4.74 Å². The third-order valence-corrected chi connectivity index (χ3v) is 4.39. The summed E-state index contributed by atoms with van der Waals surface area (Å²) in [4.78, 5) is 17.7. The van der Waals surface area contributed by atoms with Crippen LogP contribution in [0.4, 0.5) is 8.78 Å². The Morgan fingerprint density at radius 1 is 1.32 bits per heavy atom. The molecule has 0 bridgehead atoms. The number of carbonyl (C=O) groups excluding carboxylic acids is 1. The van der Waals surface area contributed by atoms with Gasteiger partial charge in [-0.1, -0.05) is 24.6 Å². The van der Waals surface area contributed by atoms with Crippen molar-refractivity contribution in [2.24, 2.45) is 0 Å². The van der Waals surface area contributed by atoms with Crippen LogP contribution in [0.15, 0.2) is 29.6 Å². The zero-order chi connectivity index (χ0) is 18.2. The molecule has 0 saturated carbocycles. The first-order valence-electron chi connectivity index (χ1n) is 8.16. The lowest BCUT2D eigenvalue weighted by molar-refractivity contribution is -0.132. The number of rotatable bonds is 9. The van der Waals surface area contributed by atoms with E-state index in [-0.39, 0.29) is 12.3 Å². The Hall–Kier alpha value is -2.02. The van der Waals surface area contributed by atoms with Crippen LogP contribution >= 0.6 is 11.3 Å². The molecule has 1 amide bonds. The van der Waals surface area contributed by atoms with Crippen LogP contribution in [0.25, 0.3) is 0 Å². The molecule has 0 radical (unpaired) electrons. The van der Waals surface area contributed by atoms with E-state index >= 15 is 0 Å². The predicted octanol–water partition coefficient (Wildman–Crippen LogP) is 4.08. The van der Waals surface area contributed by atoms with Gasteiger partial charge in [0.1, 0.15) is 17.4 Å². The van der Waals surface area contributed by atoms with Crippen LogP contribution in [0.2, 0.25) is 0 Å². The molecular formula is C18H22F2N2O2S. The van der Waals surface area contributed by atoms with E-state index in [0.29, 0.717) is 25.3 Å². The zero-order valence-corrected chi connectivity index (χ0v) is 15.2. The van der Waals surface area contributed by atoms with Crippen LogP contribution in [0.1, 0.15) is 29.6 Å². The van der Waals surface area contributed by atoms with E-state index in [4.69, 9.17) is 4.74 Å². The largest absolute Gasteiger partial charge is 0.486 e. The standard InChI is InChI=1S/C18H22F2N2O2S/c1-3-8-22(10-16(19)20)18(23)9-14-12-25-17(21-14)11-24-15-6-4-13(2)5-7-15/h4-7,12,16H,3,8-11H2,1-2H3. The quantitative estimate of drug-likeness (QED) is 0.670. The molecule has 0 spiro atoms. The molecule has 136 valence electrons. The predicted molar refractivity (Wildman–Crippen MR) is 94.2 cm³/mol. The van der Waals surface area contributed by atoms with Crippen molar-refractivity contribution in [2.45, 2.75) is 39.7 Å². The van der Waals surface area contributed by atoms with Gasteiger partial charge in [0.05, 0.1) is 18.7 Å². The highest BCUT2D eigenvalue weighted by atomic mass is 32.1. The van der Waals surface area contributed by atoms with Gasteiger partial charge >= 0.3 is 0 Å². The SMILES string of the molecule is CCCN(CC(F)F)C(=O)Cc1csc(COc2ccc(C)cc2)n1. The summed E-state index contributed by atoms with van der Waals surface area (Å²) in [5, 5.41) is 2.53. The van der Waals surface area contributed by atoms with Gasteiger partial charge in [-0.05, 0) is 25.5 Å². The van der Waals surface area contributed by atoms with E-state index in [0.717, 1.165) is 16.3 Å². The van der Waals surface area contributed by atoms with Crippen molar-refractivity contribution < 1.29 is 18.3 Å². The number of nitrogens with zero attached hydrogens (tertiary/aromatic N) is 2. The molecule has 4 nitrogen and oxygen atoms in total. The summed E-state index contributed by atoms with van der Waals surface area (Å²) < 4.78 is 30.8. The number of halogens is 2. The fourth-order valence-corrected chi connectivity index (χ4v) is 3.00. The van der Waals surface area contributed by atoms with Gasteiger partial charge in [0.15, 0.2) is 0 Å². The Bertz CT molecular complexity index is 674. The topological polar surface area (TPSA) is 42.4 Å². The summed E-state index contributed by atoms with van der Waals surface area (Å²) in [6.07, 6.45) is -1.84. The lowest BCUT2D eigenvalue weighted by Crippen LogP contribution is -2.36. The number of thiazole rings is 1. The second-order valence-electron chi connectivity index (χ2n) is 5.74. The minimum Gasteiger partial charge on any atom is -0.486 e. The molecule has 2 rings (SSSR count). The van der Waals surface area contributed by atoms with Gasteiger partial charge < -0.3 is 9.64 Å². The number of aryl methyl sites for hydroxylation is 1. The van der Waals surface area contributed by atoms with E-state index in [2.05, 4.69) is 4.98 Å². The summed E-state index contributed by atoms with van der Waals surface area (Å²) >= 11 is 1.40. The van der Waals surface area contributed by atoms with E-state index in [1.54, 1.807) is 5.38 Å². The molecule has 0 atom stereocenters. The summed E-state index contributed by atoms with van der Waals surface area (Å²) in [6, 6.07) is 7.71. The van der Waals surface area contributed by atoms with Crippen molar-refractivity contribution in [3.63, 3.8) is 0 Å². The van der Waals surface area contributed by atoms with Gasteiger partial charge in [0.2, 0.25) is 5.91 Å². The lowest BCUT2D eigenvalue weighted by atomic mass is 10.2. The van der Waals surface area contributed by atoms with Crippen molar-refractivity contribution in [3.05, 3.63) is 45.9 Å². The summed E-state index contributed by atoms with van der Waals surface area (Å²) in [5.41, 5.74) is 1.75. The molecule has 1 aromatic heterocycles. The lowest BCUT2D eigenvalue weighted by Gasteiger charge is -2.21. The zero-order valence-electron chi connectivity index (χ0n) is 14.4. The molecule has 1 aromatic carbocycles. The average Bonchev–Trinajstić information content (AvgIpc) is 3.01. The van der Waals surface area contributed by atoms with E-state index in [1.807, 2.05) is 38.1 Å². The van der Waals surface area contributed by atoms with Crippen LogP contribution in [-0.4, -0.2) is 35.3 Å². The maximum absolute atomic E-state index is 12.6. The van der Waals surface area contributed by atoms with Crippen LogP contribution in [0.3, 0.4) is 0 Å². The van der Waals surface area contributed by atoms with Crippen LogP contribution in [0.5, 0.6) is 5.75 Å². The molecule has 0 fully saturated rings. The molecule has 25 heavy (non-hydrogen) atoms. The van der Waals surface area contributed by atoms with Crippen molar-refractivity contribution in [1.82, 2.24) is 9.88 Å². The van der Waals surface area contributed by atoms with Crippen molar-refractivity contribution in [3.8, 4) is 5.75 Å². The summed E-state index contributed by atoms with van der Waals surface area (Å²) in [7, 11) is 0. The monoisotopic (exact) mass is 368 g/mol. The third-order valence-electron chi connectivity index (χ3n) is 3.52. The number of hydrogen-bond acceptors (Lipinski definition) is 4. The first-order chi connectivity index (χ1) is 12.0. The smallest absolute Gasteiger partial charge is 0.255 e. The molecule has 1 heterocycles. The van der Waals surface area contributed by atoms with Crippen molar-refractivity contribution in [1.29, 1.82) is 0 Å². The maximum Gasteiger partial charge on any atom is 0.255 e. The van der Waals surface area contributed by atoms with Crippen molar-refractivity contribution >= 4 is 17.2 Å².